The van der Waals surface area contributed by atoms with E-state index in [1.54, 1.807) is 6.20 Å². The van der Waals surface area contributed by atoms with Gasteiger partial charge in [-0.3, -0.25) is 4.98 Å². The van der Waals surface area contributed by atoms with E-state index in [1.165, 1.54) is 0 Å². The van der Waals surface area contributed by atoms with Crippen molar-refractivity contribution >= 4 is 15.9 Å². The molecule has 2 aromatic rings. The molecule has 0 aliphatic heterocycles. The highest BCUT2D eigenvalue weighted by Crippen LogP contribution is 2.10. The molecule has 0 aromatic carbocycles. The predicted octanol–water partition coefficient (Wildman–Crippen LogP) is 2.23. The first kappa shape index (κ1) is 14.1. The molecule has 2 aromatic heterocycles. The Balaban J connectivity index is 1.90. The van der Waals surface area contributed by atoms with Gasteiger partial charge in [-0.15, -0.1) is 5.10 Å². The van der Waals surface area contributed by atoms with Crippen molar-refractivity contribution in [1.29, 1.82) is 0 Å². The fraction of sp³-hybridized carbons (Fsp3) is 0.462. The molecule has 2 rings (SSSR count). The van der Waals surface area contributed by atoms with Gasteiger partial charge < -0.3 is 5.32 Å². The Kier molecular flexibility index (Phi) is 5.04. The quantitative estimate of drug-likeness (QED) is 0.885. The minimum Gasteiger partial charge on any atom is -0.311 e. The van der Waals surface area contributed by atoms with E-state index in [1.807, 2.05) is 23.1 Å². The van der Waals surface area contributed by atoms with Gasteiger partial charge in [0, 0.05) is 23.4 Å². The van der Waals surface area contributed by atoms with E-state index in [4.69, 9.17) is 0 Å². The van der Waals surface area contributed by atoms with Crippen LogP contribution in [0.4, 0.5) is 0 Å². The van der Waals surface area contributed by atoms with Crippen molar-refractivity contribution < 1.29 is 0 Å². The van der Waals surface area contributed by atoms with Crippen LogP contribution in [0.1, 0.15) is 25.1 Å². The van der Waals surface area contributed by atoms with Crippen LogP contribution in [0.15, 0.2) is 29.1 Å². The molecule has 19 heavy (non-hydrogen) atoms. The molecule has 0 unspecified atom stereocenters. The summed E-state index contributed by atoms with van der Waals surface area (Å²) in [6.07, 6.45) is 5.57. The Hall–Kier alpha value is -1.27. The third-order valence-electron chi connectivity index (χ3n) is 2.55. The van der Waals surface area contributed by atoms with Crippen molar-refractivity contribution in [1.82, 2.24) is 25.3 Å². The lowest BCUT2D eigenvalue weighted by atomic mass is 10.2. The van der Waals surface area contributed by atoms with E-state index in [0.717, 1.165) is 28.8 Å². The molecule has 0 spiro atoms. The average molecular weight is 324 g/mol. The number of nitrogens with zero attached hydrogens (tertiary/aromatic N) is 4. The first-order valence-electron chi connectivity index (χ1n) is 6.32. The predicted molar refractivity (Wildman–Crippen MR) is 77.6 cm³/mol. The van der Waals surface area contributed by atoms with Gasteiger partial charge in [-0.2, -0.15) is 0 Å². The third kappa shape index (κ3) is 4.72. The lowest BCUT2D eigenvalue weighted by molar-refractivity contribution is 0.548. The molecule has 5 nitrogen and oxygen atoms in total. The van der Waals surface area contributed by atoms with Crippen molar-refractivity contribution in [2.75, 3.05) is 6.54 Å². The monoisotopic (exact) mass is 323 g/mol. The summed E-state index contributed by atoms with van der Waals surface area (Å²) in [4.78, 5) is 4.14. The van der Waals surface area contributed by atoms with Crippen LogP contribution in [0.5, 0.6) is 0 Å². The molecule has 0 bridgehead atoms. The van der Waals surface area contributed by atoms with Gasteiger partial charge in [-0.1, -0.05) is 19.1 Å². The highest BCUT2D eigenvalue weighted by molar-refractivity contribution is 9.10. The van der Waals surface area contributed by atoms with Crippen LogP contribution in [0.25, 0.3) is 0 Å². The molecular weight excluding hydrogens is 306 g/mol. The zero-order chi connectivity index (χ0) is 13.7. The van der Waals surface area contributed by atoms with Crippen molar-refractivity contribution in [3.05, 3.63) is 40.4 Å². The summed E-state index contributed by atoms with van der Waals surface area (Å²) in [6, 6.07) is 2.03. The molecule has 0 aliphatic rings. The number of nitrogens with one attached hydrogen (secondary N) is 1. The molecule has 6 heteroatoms. The summed E-state index contributed by atoms with van der Waals surface area (Å²) in [5.41, 5.74) is 2.06. The zero-order valence-corrected chi connectivity index (χ0v) is 12.8. The van der Waals surface area contributed by atoms with Gasteiger partial charge in [0.2, 0.25) is 0 Å². The summed E-state index contributed by atoms with van der Waals surface area (Å²) in [6.45, 7) is 6.80. The Labute approximate surface area is 121 Å². The molecule has 1 N–H and O–H groups in total. The van der Waals surface area contributed by atoms with Crippen LogP contribution in [0, 0.1) is 5.92 Å². The smallest absolute Gasteiger partial charge is 0.0964 e. The molecule has 102 valence electrons. The van der Waals surface area contributed by atoms with Gasteiger partial charge in [0.1, 0.15) is 0 Å². The minimum absolute atomic E-state index is 0.641. The van der Waals surface area contributed by atoms with Crippen molar-refractivity contribution in [2.24, 2.45) is 5.92 Å². The van der Waals surface area contributed by atoms with E-state index in [-0.39, 0.29) is 0 Å². The van der Waals surface area contributed by atoms with Crippen LogP contribution in [-0.4, -0.2) is 26.5 Å². The molecular formula is C13H18BrN5. The third-order valence-corrected chi connectivity index (χ3v) is 2.98. The molecule has 0 saturated carbocycles. The summed E-state index contributed by atoms with van der Waals surface area (Å²) in [5.74, 6) is 0.641. The highest BCUT2D eigenvalue weighted by atomic mass is 79.9. The SMILES string of the molecule is CC(C)CNCc1cn(Cc2cncc(Br)c2)nn1. The maximum absolute atomic E-state index is 4.15. The van der Waals surface area contributed by atoms with Gasteiger partial charge >= 0.3 is 0 Å². The topological polar surface area (TPSA) is 55.6 Å². The lowest BCUT2D eigenvalue weighted by Gasteiger charge is -2.04. The molecule has 0 amide bonds. The maximum Gasteiger partial charge on any atom is 0.0964 e. The normalized spacial score (nSPS) is 11.2. The molecule has 0 atom stereocenters. The summed E-state index contributed by atoms with van der Waals surface area (Å²) < 4.78 is 2.81. The number of hydrogen-bond acceptors (Lipinski definition) is 4. The van der Waals surface area contributed by atoms with Crippen molar-refractivity contribution in [2.45, 2.75) is 26.9 Å². The molecule has 2 heterocycles. The second-order valence-electron chi connectivity index (χ2n) is 4.94. The molecule has 0 saturated heterocycles. The van der Waals surface area contributed by atoms with E-state index in [2.05, 4.69) is 50.4 Å². The Morgan fingerprint density at radius 3 is 2.95 bits per heavy atom. The Bertz CT molecular complexity index is 523. The molecule has 0 radical (unpaired) electrons. The standard InChI is InChI=1S/C13H18BrN5/c1-10(2)4-15-7-13-9-19(18-17-13)8-11-3-12(14)6-16-5-11/h3,5-6,9-10,15H,4,7-8H2,1-2H3. The fourth-order valence-electron chi connectivity index (χ4n) is 1.72. The van der Waals surface area contributed by atoms with Crippen LogP contribution in [0.2, 0.25) is 0 Å². The van der Waals surface area contributed by atoms with Gasteiger partial charge in [0.05, 0.1) is 18.4 Å². The van der Waals surface area contributed by atoms with Crippen molar-refractivity contribution in [3.8, 4) is 0 Å². The summed E-state index contributed by atoms with van der Waals surface area (Å²) in [5, 5.41) is 11.6. The second-order valence-corrected chi connectivity index (χ2v) is 5.86. The number of aromatic nitrogens is 4. The average Bonchev–Trinajstić information content (AvgIpc) is 2.76. The highest BCUT2D eigenvalue weighted by Gasteiger charge is 2.03. The van der Waals surface area contributed by atoms with Crippen LogP contribution in [-0.2, 0) is 13.1 Å². The largest absolute Gasteiger partial charge is 0.311 e. The van der Waals surface area contributed by atoms with Crippen LogP contribution >= 0.6 is 15.9 Å². The van der Waals surface area contributed by atoms with Gasteiger partial charge in [0.15, 0.2) is 0 Å². The Morgan fingerprint density at radius 2 is 2.21 bits per heavy atom. The number of rotatable bonds is 6. The van der Waals surface area contributed by atoms with Gasteiger partial charge in [-0.25, -0.2) is 4.68 Å². The van der Waals surface area contributed by atoms with Gasteiger partial charge in [0.25, 0.3) is 0 Å². The minimum atomic E-state index is 0.641. The van der Waals surface area contributed by atoms with Crippen molar-refractivity contribution in [3.63, 3.8) is 0 Å². The first-order valence-corrected chi connectivity index (χ1v) is 7.12. The number of pyridine rings is 1. The van der Waals surface area contributed by atoms with Gasteiger partial charge in [-0.05, 0) is 40.0 Å². The Morgan fingerprint density at radius 1 is 1.37 bits per heavy atom. The first-order chi connectivity index (χ1) is 9.13. The zero-order valence-electron chi connectivity index (χ0n) is 11.2. The van der Waals surface area contributed by atoms with E-state index < -0.39 is 0 Å². The molecule has 0 aliphatic carbocycles. The van der Waals surface area contributed by atoms with E-state index in [0.29, 0.717) is 12.5 Å². The summed E-state index contributed by atoms with van der Waals surface area (Å²) in [7, 11) is 0. The van der Waals surface area contributed by atoms with E-state index in [9.17, 15) is 0 Å². The number of halogens is 1. The fourth-order valence-corrected chi connectivity index (χ4v) is 2.13. The molecule has 0 fully saturated rings. The van der Waals surface area contributed by atoms with Crippen LogP contribution in [0.3, 0.4) is 0 Å². The summed E-state index contributed by atoms with van der Waals surface area (Å²) >= 11 is 3.41. The maximum atomic E-state index is 4.15. The van der Waals surface area contributed by atoms with Crippen LogP contribution < -0.4 is 5.32 Å². The number of hydrogen-bond donors (Lipinski definition) is 1. The van der Waals surface area contributed by atoms with E-state index >= 15 is 0 Å². The lowest BCUT2D eigenvalue weighted by Crippen LogP contribution is -2.19. The second kappa shape index (κ2) is 6.77.